The molecular weight excluding hydrogens is 264 g/mol. The average Bonchev–Trinajstić information content (AvgIpc) is 2.98. The molecule has 1 aromatic heterocycles. The fourth-order valence-electron chi connectivity index (χ4n) is 2.11. The van der Waals surface area contributed by atoms with E-state index in [0.717, 1.165) is 12.1 Å². The molecule has 0 bridgehead atoms. The second-order valence-corrected chi connectivity index (χ2v) is 5.23. The van der Waals surface area contributed by atoms with Crippen LogP contribution in [0.15, 0.2) is 59.2 Å². The fourth-order valence-corrected chi connectivity index (χ4v) is 2.11. The van der Waals surface area contributed by atoms with Gasteiger partial charge in [-0.25, -0.2) is 0 Å². The van der Waals surface area contributed by atoms with E-state index in [9.17, 15) is 4.79 Å². The second kappa shape index (κ2) is 7.45. The predicted octanol–water partition coefficient (Wildman–Crippen LogP) is 1.29. The number of nitrogens with one attached hydrogen (secondary N) is 2. The van der Waals surface area contributed by atoms with Crippen LogP contribution >= 0.6 is 0 Å². The minimum absolute atomic E-state index is 0.00930. The number of hydrogen-bond donors (Lipinski definition) is 2. The van der Waals surface area contributed by atoms with Crippen LogP contribution in [-0.2, 0) is 4.79 Å². The Morgan fingerprint density at radius 2 is 2.00 bits per heavy atom. The summed E-state index contributed by atoms with van der Waals surface area (Å²) in [5.41, 5.74) is 1.11. The summed E-state index contributed by atoms with van der Waals surface area (Å²) in [5, 5.41) is 3.04. The smallest absolute Gasteiger partial charge is 0.244 e. The highest BCUT2D eigenvalue weighted by atomic mass is 16.3. The van der Waals surface area contributed by atoms with Gasteiger partial charge in [-0.15, -0.1) is 0 Å². The van der Waals surface area contributed by atoms with Gasteiger partial charge in [-0.2, -0.15) is 0 Å². The summed E-state index contributed by atoms with van der Waals surface area (Å²) in [6, 6.07) is 13.6. The summed E-state index contributed by atoms with van der Waals surface area (Å²) in [5.74, 6) is 0.543. The van der Waals surface area contributed by atoms with Crippen molar-refractivity contribution in [3.8, 4) is 0 Å². The Morgan fingerprint density at radius 1 is 1.24 bits per heavy atom. The van der Waals surface area contributed by atoms with Crippen LogP contribution in [0, 0.1) is 0 Å². The molecule has 0 fully saturated rings. The zero-order valence-corrected chi connectivity index (χ0v) is 12.4. The van der Waals surface area contributed by atoms with Gasteiger partial charge in [0, 0.05) is 6.08 Å². The molecule has 0 unspecified atom stereocenters. The lowest BCUT2D eigenvalue weighted by molar-refractivity contribution is -0.860. The van der Waals surface area contributed by atoms with Crippen LogP contribution in [-0.4, -0.2) is 26.5 Å². The summed E-state index contributed by atoms with van der Waals surface area (Å²) in [7, 11) is 4.14. The largest absolute Gasteiger partial charge is 0.465 e. The summed E-state index contributed by atoms with van der Waals surface area (Å²) >= 11 is 0. The van der Waals surface area contributed by atoms with E-state index in [1.165, 1.54) is 11.0 Å². The lowest BCUT2D eigenvalue weighted by atomic mass is 10.1. The first-order chi connectivity index (χ1) is 10.1. The van der Waals surface area contributed by atoms with E-state index in [1.807, 2.05) is 36.4 Å². The zero-order valence-electron chi connectivity index (χ0n) is 12.4. The van der Waals surface area contributed by atoms with Crippen molar-refractivity contribution < 1.29 is 14.1 Å². The molecule has 0 radical (unpaired) electrons. The summed E-state index contributed by atoms with van der Waals surface area (Å²) in [6.45, 7) is 0.824. The fraction of sp³-hybridized carbons (Fsp3) is 0.235. The lowest BCUT2D eigenvalue weighted by Gasteiger charge is -2.20. The van der Waals surface area contributed by atoms with E-state index in [1.54, 1.807) is 18.4 Å². The molecule has 0 aliphatic heterocycles. The summed E-state index contributed by atoms with van der Waals surface area (Å²) in [4.78, 5) is 13.3. The van der Waals surface area contributed by atoms with Crippen molar-refractivity contribution in [2.24, 2.45) is 0 Å². The van der Waals surface area contributed by atoms with Gasteiger partial charge in [0.1, 0.15) is 18.3 Å². The van der Waals surface area contributed by atoms with Crippen molar-refractivity contribution in [1.82, 2.24) is 5.32 Å². The Kier molecular flexibility index (Phi) is 5.35. The Bertz CT molecular complexity index is 574. The number of likely N-dealkylation sites (N-methyl/N-ethyl adjacent to an activating group) is 1. The van der Waals surface area contributed by atoms with Crippen molar-refractivity contribution in [1.29, 1.82) is 0 Å². The maximum absolute atomic E-state index is 12.1. The monoisotopic (exact) mass is 285 g/mol. The summed E-state index contributed by atoms with van der Waals surface area (Å²) < 4.78 is 5.17. The van der Waals surface area contributed by atoms with Gasteiger partial charge in [-0.3, -0.25) is 4.79 Å². The highest BCUT2D eigenvalue weighted by molar-refractivity contribution is 5.91. The van der Waals surface area contributed by atoms with Gasteiger partial charge in [0.05, 0.1) is 20.4 Å². The number of quaternary nitrogens is 1. The number of hydrogen-bond acceptors (Lipinski definition) is 2. The second-order valence-electron chi connectivity index (χ2n) is 5.23. The first-order valence-electron chi connectivity index (χ1n) is 7.01. The molecule has 2 rings (SSSR count). The van der Waals surface area contributed by atoms with Crippen molar-refractivity contribution >= 4 is 12.0 Å². The molecule has 1 heterocycles. The van der Waals surface area contributed by atoms with Gasteiger partial charge >= 0.3 is 0 Å². The zero-order chi connectivity index (χ0) is 15.1. The molecule has 21 heavy (non-hydrogen) atoms. The van der Waals surface area contributed by atoms with E-state index in [-0.39, 0.29) is 11.9 Å². The molecule has 4 heteroatoms. The highest BCUT2D eigenvalue weighted by Crippen LogP contribution is 2.11. The van der Waals surface area contributed by atoms with Gasteiger partial charge < -0.3 is 14.6 Å². The topological polar surface area (TPSA) is 46.7 Å². The number of carbonyl (C=O) groups is 1. The number of furan rings is 1. The number of benzene rings is 1. The van der Waals surface area contributed by atoms with Gasteiger partial charge in [0.15, 0.2) is 0 Å². The minimum Gasteiger partial charge on any atom is -0.465 e. The van der Waals surface area contributed by atoms with Crippen molar-refractivity contribution in [3.05, 3.63) is 66.1 Å². The highest BCUT2D eigenvalue weighted by Gasteiger charge is 2.16. The van der Waals surface area contributed by atoms with Gasteiger partial charge in [0.2, 0.25) is 5.91 Å². The normalized spacial score (nSPS) is 12.7. The molecule has 0 aliphatic carbocycles. The first-order valence-corrected chi connectivity index (χ1v) is 7.01. The Labute approximate surface area is 125 Å². The molecule has 0 spiro atoms. The average molecular weight is 285 g/mol. The van der Waals surface area contributed by atoms with Gasteiger partial charge in [0.25, 0.3) is 0 Å². The van der Waals surface area contributed by atoms with Crippen LogP contribution in [0.3, 0.4) is 0 Å². The van der Waals surface area contributed by atoms with E-state index < -0.39 is 0 Å². The molecular formula is C17H21N2O2+. The van der Waals surface area contributed by atoms with Crippen LogP contribution in [0.25, 0.3) is 6.08 Å². The number of rotatable bonds is 6. The Hall–Kier alpha value is -2.33. The Balaban J connectivity index is 2.03. The van der Waals surface area contributed by atoms with Crippen molar-refractivity contribution in [3.63, 3.8) is 0 Å². The molecule has 0 saturated carbocycles. The van der Waals surface area contributed by atoms with E-state index in [2.05, 4.69) is 19.4 Å². The maximum Gasteiger partial charge on any atom is 0.244 e. The lowest BCUT2D eigenvalue weighted by Crippen LogP contribution is -3.06. The SMILES string of the molecule is C[NH+](C)C[C@H](NC(=O)/C=C/c1ccco1)c1ccccc1. The molecule has 2 N–H and O–H groups in total. The summed E-state index contributed by atoms with van der Waals surface area (Å²) in [6.07, 6.45) is 4.75. The minimum atomic E-state index is -0.124. The van der Waals surface area contributed by atoms with Gasteiger partial charge in [-0.1, -0.05) is 30.3 Å². The Morgan fingerprint density at radius 3 is 2.62 bits per heavy atom. The van der Waals surface area contributed by atoms with Crippen molar-refractivity contribution in [2.75, 3.05) is 20.6 Å². The molecule has 1 atom stereocenters. The quantitative estimate of drug-likeness (QED) is 0.786. The van der Waals surface area contributed by atoms with E-state index >= 15 is 0 Å². The molecule has 1 amide bonds. The molecule has 1 aromatic carbocycles. The van der Waals surface area contributed by atoms with E-state index in [0.29, 0.717) is 5.76 Å². The third-order valence-corrected chi connectivity index (χ3v) is 3.07. The van der Waals surface area contributed by atoms with Gasteiger partial charge in [-0.05, 0) is 23.8 Å². The molecule has 0 aliphatic rings. The molecule has 110 valence electrons. The predicted molar refractivity (Wildman–Crippen MR) is 82.7 cm³/mol. The van der Waals surface area contributed by atoms with Crippen LogP contribution in [0.5, 0.6) is 0 Å². The number of carbonyl (C=O) groups excluding carboxylic acids is 1. The van der Waals surface area contributed by atoms with Crippen molar-refractivity contribution in [2.45, 2.75) is 6.04 Å². The standard InChI is InChI=1S/C17H20N2O2/c1-19(2)13-16(14-7-4-3-5-8-14)18-17(20)11-10-15-9-6-12-21-15/h3-12,16H,13H2,1-2H3,(H,18,20)/p+1/b11-10+/t16-/m0/s1. The first kappa shape index (κ1) is 15.1. The third-order valence-electron chi connectivity index (χ3n) is 3.07. The van der Waals surface area contributed by atoms with Crippen LogP contribution in [0.1, 0.15) is 17.4 Å². The van der Waals surface area contributed by atoms with Crippen LogP contribution in [0.2, 0.25) is 0 Å². The molecule has 2 aromatic rings. The van der Waals surface area contributed by atoms with Crippen LogP contribution in [0.4, 0.5) is 0 Å². The number of amides is 1. The third kappa shape index (κ3) is 4.93. The van der Waals surface area contributed by atoms with Crippen LogP contribution < -0.4 is 10.2 Å². The maximum atomic E-state index is 12.1. The van der Waals surface area contributed by atoms with E-state index in [4.69, 9.17) is 4.42 Å². The molecule has 0 saturated heterocycles. The molecule has 4 nitrogen and oxygen atoms in total.